The van der Waals surface area contributed by atoms with Crippen LogP contribution in [0, 0.1) is 5.82 Å². The summed E-state index contributed by atoms with van der Waals surface area (Å²) in [6.45, 7) is 1.17. The lowest BCUT2D eigenvalue weighted by atomic mass is 10.1. The summed E-state index contributed by atoms with van der Waals surface area (Å²) in [7, 11) is 0. The Labute approximate surface area is 123 Å². The average molecular weight is 290 g/mol. The fraction of sp³-hybridized carbons (Fsp3) is 0.312. The number of benzene rings is 1. The lowest BCUT2D eigenvalue weighted by molar-refractivity contribution is 0.0932. The maximum absolute atomic E-state index is 13.7. The molecule has 4 nitrogen and oxygen atoms in total. The summed E-state index contributed by atoms with van der Waals surface area (Å²) in [6, 6.07) is 9.94. The van der Waals surface area contributed by atoms with Crippen molar-refractivity contribution in [3.05, 3.63) is 65.7 Å². The highest BCUT2D eigenvalue weighted by molar-refractivity contribution is 5.20. The Morgan fingerprint density at radius 3 is 2.67 bits per heavy atom. The van der Waals surface area contributed by atoms with Gasteiger partial charge in [0.25, 0.3) is 0 Å². The Kier molecular flexibility index (Phi) is 5.80. The van der Waals surface area contributed by atoms with Gasteiger partial charge in [0, 0.05) is 37.6 Å². The van der Waals surface area contributed by atoms with Crippen LogP contribution in [0.3, 0.4) is 0 Å². The van der Waals surface area contributed by atoms with E-state index >= 15 is 0 Å². The zero-order valence-electron chi connectivity index (χ0n) is 11.7. The van der Waals surface area contributed by atoms with E-state index in [-0.39, 0.29) is 18.7 Å². The number of aliphatic hydroxyl groups is 2. The molecular formula is C16H19FN2O2. The van der Waals surface area contributed by atoms with Crippen LogP contribution in [0.1, 0.15) is 17.2 Å². The predicted molar refractivity (Wildman–Crippen MR) is 78.0 cm³/mol. The Bertz CT molecular complexity index is 551. The minimum Gasteiger partial charge on any atom is -0.395 e. The molecule has 0 radical (unpaired) electrons. The minimum atomic E-state index is -0.936. The fourth-order valence-electron chi connectivity index (χ4n) is 2.21. The number of aromatic nitrogens is 1. The summed E-state index contributed by atoms with van der Waals surface area (Å²) < 4.78 is 13.7. The van der Waals surface area contributed by atoms with Gasteiger partial charge in [0.05, 0.1) is 12.7 Å². The van der Waals surface area contributed by atoms with Gasteiger partial charge in [0.1, 0.15) is 5.82 Å². The van der Waals surface area contributed by atoms with Crippen molar-refractivity contribution in [1.82, 2.24) is 9.88 Å². The first-order valence-electron chi connectivity index (χ1n) is 6.85. The largest absolute Gasteiger partial charge is 0.395 e. The second kappa shape index (κ2) is 7.83. The molecule has 1 unspecified atom stereocenters. The lowest BCUT2D eigenvalue weighted by Gasteiger charge is -2.24. The van der Waals surface area contributed by atoms with Crippen LogP contribution < -0.4 is 0 Å². The number of pyridine rings is 1. The van der Waals surface area contributed by atoms with E-state index in [1.54, 1.807) is 30.6 Å². The molecule has 1 atom stereocenters. The third-order valence-electron chi connectivity index (χ3n) is 3.24. The van der Waals surface area contributed by atoms with Gasteiger partial charge in [-0.1, -0.05) is 24.3 Å². The quantitative estimate of drug-likeness (QED) is 0.815. The van der Waals surface area contributed by atoms with Crippen molar-refractivity contribution in [3.8, 4) is 0 Å². The van der Waals surface area contributed by atoms with Crippen molar-refractivity contribution in [1.29, 1.82) is 0 Å². The second-order valence-corrected chi connectivity index (χ2v) is 4.86. The summed E-state index contributed by atoms with van der Waals surface area (Å²) in [5.41, 5.74) is 1.25. The molecule has 0 amide bonds. The fourth-order valence-corrected chi connectivity index (χ4v) is 2.21. The van der Waals surface area contributed by atoms with E-state index in [2.05, 4.69) is 4.98 Å². The monoisotopic (exact) mass is 290 g/mol. The van der Waals surface area contributed by atoms with E-state index in [9.17, 15) is 9.50 Å². The van der Waals surface area contributed by atoms with Crippen molar-refractivity contribution in [2.75, 3.05) is 19.7 Å². The average Bonchev–Trinajstić information content (AvgIpc) is 2.49. The van der Waals surface area contributed by atoms with Gasteiger partial charge in [-0.05, 0) is 17.7 Å². The highest BCUT2D eigenvalue weighted by Crippen LogP contribution is 2.18. The topological polar surface area (TPSA) is 56.6 Å². The summed E-state index contributed by atoms with van der Waals surface area (Å²) in [5.74, 6) is -0.421. The van der Waals surface area contributed by atoms with E-state index in [4.69, 9.17) is 5.11 Å². The standard InChI is InChI=1S/C16H19FN2O2/c17-15-6-2-1-5-14(15)16(21)12-19(8-9-20)11-13-4-3-7-18-10-13/h1-7,10,16,20-21H,8-9,11-12H2. The summed E-state index contributed by atoms with van der Waals surface area (Å²) in [6.07, 6.45) is 2.49. The summed E-state index contributed by atoms with van der Waals surface area (Å²) in [5, 5.41) is 19.3. The molecule has 21 heavy (non-hydrogen) atoms. The molecule has 2 rings (SSSR count). The van der Waals surface area contributed by atoms with Crippen LogP contribution in [0.5, 0.6) is 0 Å². The van der Waals surface area contributed by atoms with E-state index in [1.165, 1.54) is 6.07 Å². The Balaban J connectivity index is 2.04. The molecule has 2 aromatic rings. The molecule has 0 saturated heterocycles. The van der Waals surface area contributed by atoms with Crippen LogP contribution >= 0.6 is 0 Å². The molecule has 1 aromatic carbocycles. The Morgan fingerprint density at radius 1 is 1.19 bits per heavy atom. The predicted octanol–water partition coefficient (Wildman–Crippen LogP) is 1.75. The molecule has 5 heteroatoms. The Morgan fingerprint density at radius 2 is 2.00 bits per heavy atom. The normalized spacial score (nSPS) is 12.6. The lowest BCUT2D eigenvalue weighted by Crippen LogP contribution is -2.31. The number of rotatable bonds is 7. The number of halogens is 1. The third-order valence-corrected chi connectivity index (χ3v) is 3.24. The molecule has 0 fully saturated rings. The molecule has 1 heterocycles. The molecule has 2 N–H and O–H groups in total. The van der Waals surface area contributed by atoms with Gasteiger partial charge in [-0.15, -0.1) is 0 Å². The highest BCUT2D eigenvalue weighted by atomic mass is 19.1. The maximum atomic E-state index is 13.7. The zero-order valence-corrected chi connectivity index (χ0v) is 11.7. The summed E-state index contributed by atoms with van der Waals surface area (Å²) >= 11 is 0. The second-order valence-electron chi connectivity index (χ2n) is 4.86. The van der Waals surface area contributed by atoms with Crippen molar-refractivity contribution in [2.45, 2.75) is 12.6 Å². The number of nitrogens with zero attached hydrogens (tertiary/aromatic N) is 2. The van der Waals surface area contributed by atoms with Crippen molar-refractivity contribution in [2.24, 2.45) is 0 Å². The zero-order chi connectivity index (χ0) is 15.1. The van der Waals surface area contributed by atoms with E-state index in [1.807, 2.05) is 17.0 Å². The van der Waals surface area contributed by atoms with Gasteiger partial charge < -0.3 is 10.2 Å². The van der Waals surface area contributed by atoms with E-state index < -0.39 is 11.9 Å². The highest BCUT2D eigenvalue weighted by Gasteiger charge is 2.16. The first kappa shape index (κ1) is 15.6. The maximum Gasteiger partial charge on any atom is 0.129 e. The van der Waals surface area contributed by atoms with Crippen LogP contribution in [0.15, 0.2) is 48.8 Å². The minimum absolute atomic E-state index is 0.0236. The van der Waals surface area contributed by atoms with Gasteiger partial charge >= 0.3 is 0 Å². The van der Waals surface area contributed by atoms with Crippen LogP contribution in [-0.4, -0.2) is 39.8 Å². The van der Waals surface area contributed by atoms with Crippen molar-refractivity contribution in [3.63, 3.8) is 0 Å². The van der Waals surface area contributed by atoms with Crippen molar-refractivity contribution < 1.29 is 14.6 Å². The molecule has 0 saturated carbocycles. The molecule has 1 aromatic heterocycles. The van der Waals surface area contributed by atoms with Gasteiger partial charge in [0.2, 0.25) is 0 Å². The number of hydrogen-bond donors (Lipinski definition) is 2. The number of aliphatic hydroxyl groups excluding tert-OH is 2. The SMILES string of the molecule is OCCN(Cc1cccnc1)CC(O)c1ccccc1F. The molecule has 0 aliphatic carbocycles. The molecule has 0 spiro atoms. The van der Waals surface area contributed by atoms with Gasteiger partial charge in [-0.3, -0.25) is 9.88 Å². The van der Waals surface area contributed by atoms with Crippen LogP contribution in [0.2, 0.25) is 0 Å². The number of hydrogen-bond acceptors (Lipinski definition) is 4. The summed E-state index contributed by atoms with van der Waals surface area (Å²) in [4.78, 5) is 5.91. The van der Waals surface area contributed by atoms with E-state index in [0.29, 0.717) is 13.1 Å². The van der Waals surface area contributed by atoms with Crippen LogP contribution in [0.25, 0.3) is 0 Å². The molecule has 0 aliphatic heterocycles. The van der Waals surface area contributed by atoms with Gasteiger partial charge in [-0.2, -0.15) is 0 Å². The van der Waals surface area contributed by atoms with Gasteiger partial charge in [-0.25, -0.2) is 4.39 Å². The molecule has 0 bridgehead atoms. The van der Waals surface area contributed by atoms with Gasteiger partial charge in [0.15, 0.2) is 0 Å². The first-order valence-corrected chi connectivity index (χ1v) is 6.85. The first-order chi connectivity index (χ1) is 10.2. The Hall–Kier alpha value is -1.82. The third kappa shape index (κ3) is 4.60. The van der Waals surface area contributed by atoms with Crippen molar-refractivity contribution >= 4 is 0 Å². The molecule has 112 valence electrons. The van der Waals surface area contributed by atoms with E-state index in [0.717, 1.165) is 5.56 Å². The van der Waals surface area contributed by atoms with Crippen LogP contribution in [-0.2, 0) is 6.54 Å². The smallest absolute Gasteiger partial charge is 0.129 e. The molecular weight excluding hydrogens is 271 g/mol. The van der Waals surface area contributed by atoms with Crippen LogP contribution in [0.4, 0.5) is 4.39 Å². The molecule has 0 aliphatic rings.